The molecular formula is C15H17F3N2O2. The molecule has 1 aromatic rings. The molecule has 0 aliphatic heterocycles. The van der Waals surface area contributed by atoms with Gasteiger partial charge >= 0.3 is 6.18 Å². The summed E-state index contributed by atoms with van der Waals surface area (Å²) in [6, 6.07) is 3.27. The highest BCUT2D eigenvalue weighted by Crippen LogP contribution is 2.34. The second-order valence-electron chi connectivity index (χ2n) is 4.17. The van der Waals surface area contributed by atoms with Crippen molar-refractivity contribution in [2.75, 3.05) is 13.7 Å². The molecule has 1 aromatic heterocycles. The molecule has 0 N–H and O–H groups in total. The summed E-state index contributed by atoms with van der Waals surface area (Å²) in [4.78, 5) is 7.76. The van der Waals surface area contributed by atoms with E-state index in [-0.39, 0.29) is 6.61 Å². The Hall–Kier alpha value is -2.31. The van der Waals surface area contributed by atoms with Crippen LogP contribution in [0, 0.1) is 0 Å². The van der Waals surface area contributed by atoms with E-state index in [0.717, 1.165) is 7.11 Å². The quantitative estimate of drug-likeness (QED) is 0.455. The van der Waals surface area contributed by atoms with Gasteiger partial charge in [-0.2, -0.15) is 13.2 Å². The van der Waals surface area contributed by atoms with Crippen molar-refractivity contribution in [2.24, 2.45) is 4.99 Å². The Kier molecular flexibility index (Phi) is 6.15. The number of pyridine rings is 1. The van der Waals surface area contributed by atoms with Crippen molar-refractivity contribution in [3.05, 3.63) is 53.9 Å². The van der Waals surface area contributed by atoms with Gasteiger partial charge in [0.1, 0.15) is 5.76 Å². The van der Waals surface area contributed by atoms with Crippen LogP contribution < -0.4 is 0 Å². The summed E-state index contributed by atoms with van der Waals surface area (Å²) in [6.45, 7) is 6.50. The average molecular weight is 314 g/mol. The van der Waals surface area contributed by atoms with Crippen molar-refractivity contribution in [1.82, 2.24) is 4.98 Å². The molecule has 0 aliphatic carbocycles. The number of halogens is 3. The van der Waals surface area contributed by atoms with E-state index >= 15 is 0 Å². The summed E-state index contributed by atoms with van der Waals surface area (Å²) in [6.07, 6.45) is -1.65. The molecule has 0 atom stereocenters. The molecule has 0 radical (unpaired) electrons. The van der Waals surface area contributed by atoms with Gasteiger partial charge in [0.25, 0.3) is 0 Å². The van der Waals surface area contributed by atoms with E-state index in [1.165, 1.54) is 12.4 Å². The summed E-state index contributed by atoms with van der Waals surface area (Å²) in [5, 5.41) is 0. The van der Waals surface area contributed by atoms with Crippen LogP contribution in [0.4, 0.5) is 13.2 Å². The molecule has 120 valence electrons. The smallest absolute Gasteiger partial charge is 0.425 e. The number of nitrogens with zero attached hydrogens (tertiary/aromatic N) is 2. The Morgan fingerprint density at radius 3 is 2.36 bits per heavy atom. The molecule has 4 nitrogen and oxygen atoms in total. The molecular weight excluding hydrogens is 297 g/mol. The highest BCUT2D eigenvalue weighted by molar-refractivity contribution is 5.99. The van der Waals surface area contributed by atoms with Gasteiger partial charge in [0.2, 0.25) is 5.88 Å². The van der Waals surface area contributed by atoms with Gasteiger partial charge in [-0.3, -0.25) is 4.98 Å². The number of aliphatic imine (C=N–C) groups is 1. The monoisotopic (exact) mass is 314 g/mol. The SMILES string of the molecule is C=C(OCC)/C(=C(\N=C(/C)c1ccncc1)OC)C(F)(F)F. The zero-order valence-corrected chi connectivity index (χ0v) is 12.6. The lowest BCUT2D eigenvalue weighted by atomic mass is 10.2. The van der Waals surface area contributed by atoms with E-state index in [4.69, 9.17) is 9.47 Å². The lowest BCUT2D eigenvalue weighted by Gasteiger charge is -2.17. The second-order valence-corrected chi connectivity index (χ2v) is 4.17. The lowest BCUT2D eigenvalue weighted by Crippen LogP contribution is -2.18. The van der Waals surface area contributed by atoms with Crippen molar-refractivity contribution in [3.8, 4) is 0 Å². The Morgan fingerprint density at radius 2 is 1.91 bits per heavy atom. The lowest BCUT2D eigenvalue weighted by molar-refractivity contribution is -0.0970. The molecule has 0 fully saturated rings. The maximum absolute atomic E-state index is 13.2. The number of rotatable bonds is 6. The minimum absolute atomic E-state index is 0.0580. The van der Waals surface area contributed by atoms with Gasteiger partial charge in [0.15, 0.2) is 5.57 Å². The van der Waals surface area contributed by atoms with Crippen LogP contribution in [0.1, 0.15) is 19.4 Å². The van der Waals surface area contributed by atoms with Gasteiger partial charge in [0.05, 0.1) is 13.7 Å². The number of allylic oxidation sites excluding steroid dienone is 1. The zero-order valence-electron chi connectivity index (χ0n) is 12.6. The van der Waals surface area contributed by atoms with Gasteiger partial charge < -0.3 is 9.47 Å². The molecule has 0 aromatic carbocycles. The number of hydrogen-bond acceptors (Lipinski definition) is 4. The summed E-state index contributed by atoms with van der Waals surface area (Å²) in [5.74, 6) is -1.13. The fourth-order valence-corrected chi connectivity index (χ4v) is 1.66. The van der Waals surface area contributed by atoms with Crippen LogP contribution in [-0.2, 0) is 9.47 Å². The van der Waals surface area contributed by atoms with Crippen LogP contribution in [0.3, 0.4) is 0 Å². The van der Waals surface area contributed by atoms with E-state index in [1.54, 1.807) is 26.0 Å². The highest BCUT2D eigenvalue weighted by Gasteiger charge is 2.40. The first-order chi connectivity index (χ1) is 10.3. The number of alkyl halides is 3. The van der Waals surface area contributed by atoms with E-state index < -0.39 is 23.4 Å². The number of hydrogen-bond donors (Lipinski definition) is 0. The van der Waals surface area contributed by atoms with E-state index in [9.17, 15) is 13.2 Å². The van der Waals surface area contributed by atoms with Crippen molar-refractivity contribution in [3.63, 3.8) is 0 Å². The number of aromatic nitrogens is 1. The van der Waals surface area contributed by atoms with Crippen molar-refractivity contribution in [2.45, 2.75) is 20.0 Å². The molecule has 0 bridgehead atoms. The Labute approximate surface area is 127 Å². The van der Waals surface area contributed by atoms with Crippen LogP contribution in [0.2, 0.25) is 0 Å². The third kappa shape index (κ3) is 4.61. The van der Waals surface area contributed by atoms with Gasteiger partial charge in [-0.15, -0.1) is 0 Å². The largest absolute Gasteiger partial charge is 0.494 e. The van der Waals surface area contributed by atoms with Crippen LogP contribution >= 0.6 is 0 Å². The van der Waals surface area contributed by atoms with E-state index in [0.29, 0.717) is 11.3 Å². The van der Waals surface area contributed by atoms with Gasteiger partial charge in [-0.05, 0) is 31.5 Å². The van der Waals surface area contributed by atoms with Crippen molar-refractivity contribution < 1.29 is 22.6 Å². The third-order valence-electron chi connectivity index (χ3n) is 2.66. The fourth-order valence-electron chi connectivity index (χ4n) is 1.66. The van der Waals surface area contributed by atoms with E-state index in [2.05, 4.69) is 16.6 Å². The summed E-state index contributed by atoms with van der Waals surface area (Å²) < 4.78 is 49.4. The average Bonchev–Trinajstić information content (AvgIpc) is 2.46. The van der Waals surface area contributed by atoms with Crippen molar-refractivity contribution in [1.29, 1.82) is 0 Å². The second kappa shape index (κ2) is 7.63. The Balaban J connectivity index is 3.36. The zero-order chi connectivity index (χ0) is 16.8. The van der Waals surface area contributed by atoms with Crippen LogP contribution in [0.5, 0.6) is 0 Å². The number of ether oxygens (including phenoxy) is 2. The first-order valence-corrected chi connectivity index (χ1v) is 6.44. The van der Waals surface area contributed by atoms with Crippen molar-refractivity contribution >= 4 is 5.71 Å². The molecule has 0 amide bonds. The van der Waals surface area contributed by atoms with Gasteiger partial charge in [-0.1, -0.05) is 6.58 Å². The van der Waals surface area contributed by atoms with Gasteiger partial charge in [-0.25, -0.2) is 4.99 Å². The van der Waals surface area contributed by atoms with Crippen LogP contribution in [0.25, 0.3) is 0 Å². The van der Waals surface area contributed by atoms with Gasteiger partial charge in [0, 0.05) is 18.1 Å². The predicted octanol–water partition coefficient (Wildman–Crippen LogP) is 3.86. The minimum atomic E-state index is -4.69. The highest BCUT2D eigenvalue weighted by atomic mass is 19.4. The normalized spacial score (nSPS) is 13.5. The predicted molar refractivity (Wildman–Crippen MR) is 77.3 cm³/mol. The van der Waals surface area contributed by atoms with Crippen LogP contribution in [-0.4, -0.2) is 30.6 Å². The van der Waals surface area contributed by atoms with E-state index in [1.807, 2.05) is 0 Å². The first kappa shape index (κ1) is 17.7. The fraction of sp³-hybridized carbons (Fsp3) is 0.333. The van der Waals surface area contributed by atoms with Crippen LogP contribution in [0.15, 0.2) is 53.3 Å². The molecule has 0 saturated carbocycles. The first-order valence-electron chi connectivity index (χ1n) is 6.44. The third-order valence-corrected chi connectivity index (χ3v) is 2.66. The molecule has 1 rings (SSSR count). The maximum atomic E-state index is 13.2. The molecule has 0 spiro atoms. The minimum Gasteiger partial charge on any atom is -0.494 e. The molecule has 22 heavy (non-hydrogen) atoms. The molecule has 1 heterocycles. The summed E-state index contributed by atoms with van der Waals surface area (Å²) in [5.41, 5.74) is -0.149. The maximum Gasteiger partial charge on any atom is 0.425 e. The molecule has 0 aliphatic rings. The summed E-state index contributed by atoms with van der Waals surface area (Å²) in [7, 11) is 1.11. The standard InChI is InChI=1S/C15H17F3N2O2/c1-5-22-11(3)13(15(16,17)18)14(21-4)20-10(2)12-6-8-19-9-7-12/h6-9H,3,5H2,1-2,4H3/b14-13-,20-10+. The Bertz CT molecular complexity index is 578. The molecule has 0 unspecified atom stereocenters. The molecule has 0 saturated heterocycles. The topological polar surface area (TPSA) is 43.7 Å². The summed E-state index contributed by atoms with van der Waals surface area (Å²) >= 11 is 0. The Morgan fingerprint density at radius 1 is 1.32 bits per heavy atom. The number of methoxy groups -OCH3 is 1. The molecule has 7 heteroatoms.